The molecule has 0 saturated heterocycles. The second-order valence-corrected chi connectivity index (χ2v) is 4.94. The number of aliphatic hydroxyl groups excluding tert-OH is 1. The molecule has 0 unspecified atom stereocenters. The van der Waals surface area contributed by atoms with E-state index in [1.165, 1.54) is 0 Å². The fourth-order valence-corrected chi connectivity index (χ4v) is 1.91. The Hall–Kier alpha value is -1.63. The van der Waals surface area contributed by atoms with Crippen LogP contribution in [0.2, 0.25) is 0 Å². The molecule has 1 aromatic rings. The van der Waals surface area contributed by atoms with Crippen molar-refractivity contribution < 1.29 is 14.6 Å². The molecule has 0 heterocycles. The van der Waals surface area contributed by atoms with Crippen LogP contribution in [0, 0.1) is 0 Å². The van der Waals surface area contributed by atoms with Crippen LogP contribution in [0.1, 0.15) is 29.6 Å². The standard InChI is InChI=1S/C15H25N3O3/c1-18(8-3-2-4-10-19)9-11-21-14-7-5-6-13(12-14)15(20)17-16/h5-7,12,19H,2-4,8-11,16H2,1H3,(H,17,20). The van der Waals surface area contributed by atoms with E-state index < -0.39 is 0 Å². The second kappa shape index (κ2) is 10.1. The van der Waals surface area contributed by atoms with E-state index in [1.54, 1.807) is 18.2 Å². The van der Waals surface area contributed by atoms with Gasteiger partial charge in [0.15, 0.2) is 0 Å². The molecule has 1 rings (SSSR count). The predicted molar refractivity (Wildman–Crippen MR) is 82.0 cm³/mol. The lowest BCUT2D eigenvalue weighted by Gasteiger charge is -2.16. The van der Waals surface area contributed by atoms with Gasteiger partial charge in [-0.15, -0.1) is 0 Å². The topological polar surface area (TPSA) is 87.8 Å². The summed E-state index contributed by atoms with van der Waals surface area (Å²) in [6.45, 7) is 2.62. The number of carbonyl (C=O) groups excluding carboxylic acids is 1. The number of benzene rings is 1. The van der Waals surface area contributed by atoms with E-state index >= 15 is 0 Å². The summed E-state index contributed by atoms with van der Waals surface area (Å²) in [5, 5.41) is 8.71. The van der Waals surface area contributed by atoms with Crippen molar-refractivity contribution in [3.63, 3.8) is 0 Å². The number of nitrogens with two attached hydrogens (primary N) is 1. The van der Waals surface area contributed by atoms with Crippen molar-refractivity contribution in [2.45, 2.75) is 19.3 Å². The van der Waals surface area contributed by atoms with Gasteiger partial charge < -0.3 is 14.7 Å². The molecule has 0 radical (unpaired) electrons. The summed E-state index contributed by atoms with van der Waals surface area (Å²) in [6, 6.07) is 6.93. The van der Waals surface area contributed by atoms with E-state index in [4.69, 9.17) is 15.7 Å². The van der Waals surface area contributed by atoms with Gasteiger partial charge in [0.2, 0.25) is 0 Å². The SMILES string of the molecule is CN(CCCCCO)CCOc1cccc(C(=O)NN)c1. The molecule has 0 aliphatic rings. The maximum absolute atomic E-state index is 11.4. The number of unbranched alkanes of at least 4 members (excludes halogenated alkanes) is 2. The quantitative estimate of drug-likeness (QED) is 0.257. The van der Waals surface area contributed by atoms with Gasteiger partial charge in [-0.05, 0) is 51.1 Å². The zero-order valence-corrected chi connectivity index (χ0v) is 12.5. The minimum absolute atomic E-state index is 0.263. The lowest BCUT2D eigenvalue weighted by Crippen LogP contribution is -2.30. The maximum atomic E-state index is 11.4. The molecule has 118 valence electrons. The first-order valence-corrected chi connectivity index (χ1v) is 7.20. The molecule has 6 heteroatoms. The Morgan fingerprint density at radius 1 is 1.33 bits per heavy atom. The first-order chi connectivity index (χ1) is 10.2. The fraction of sp³-hybridized carbons (Fsp3) is 0.533. The number of likely N-dealkylation sites (N-methyl/N-ethyl adjacent to an activating group) is 1. The Balaban J connectivity index is 2.27. The highest BCUT2D eigenvalue weighted by molar-refractivity contribution is 5.94. The minimum atomic E-state index is -0.332. The zero-order valence-electron chi connectivity index (χ0n) is 12.5. The number of amides is 1. The average Bonchev–Trinajstić information content (AvgIpc) is 2.51. The summed E-state index contributed by atoms with van der Waals surface area (Å²) >= 11 is 0. The van der Waals surface area contributed by atoms with E-state index in [-0.39, 0.29) is 12.5 Å². The highest BCUT2D eigenvalue weighted by Gasteiger charge is 2.05. The minimum Gasteiger partial charge on any atom is -0.492 e. The highest BCUT2D eigenvalue weighted by Crippen LogP contribution is 2.13. The number of aliphatic hydroxyl groups is 1. The molecule has 0 aliphatic carbocycles. The van der Waals surface area contributed by atoms with Crippen molar-refractivity contribution >= 4 is 5.91 Å². The Morgan fingerprint density at radius 2 is 2.14 bits per heavy atom. The van der Waals surface area contributed by atoms with Gasteiger partial charge in [-0.1, -0.05) is 6.07 Å². The third kappa shape index (κ3) is 7.08. The molecule has 1 amide bonds. The lowest BCUT2D eigenvalue weighted by atomic mass is 10.2. The molecule has 0 saturated carbocycles. The summed E-state index contributed by atoms with van der Waals surface area (Å²) in [5.41, 5.74) is 2.57. The van der Waals surface area contributed by atoms with Gasteiger partial charge in [0.1, 0.15) is 12.4 Å². The lowest BCUT2D eigenvalue weighted by molar-refractivity contribution is 0.0953. The molecule has 0 aliphatic heterocycles. The number of hydrogen-bond donors (Lipinski definition) is 3. The van der Waals surface area contributed by atoms with E-state index in [2.05, 4.69) is 10.3 Å². The van der Waals surface area contributed by atoms with Crippen LogP contribution in [0.5, 0.6) is 5.75 Å². The first kappa shape index (κ1) is 17.4. The molecule has 0 spiro atoms. The number of carbonyl (C=O) groups is 1. The van der Waals surface area contributed by atoms with Gasteiger partial charge in [-0.25, -0.2) is 5.84 Å². The number of hydrazine groups is 1. The Labute approximate surface area is 125 Å². The number of hydrogen-bond acceptors (Lipinski definition) is 5. The smallest absolute Gasteiger partial charge is 0.265 e. The summed E-state index contributed by atoms with van der Waals surface area (Å²) < 4.78 is 5.64. The summed E-state index contributed by atoms with van der Waals surface area (Å²) in [4.78, 5) is 13.6. The van der Waals surface area contributed by atoms with Gasteiger partial charge in [0.25, 0.3) is 5.91 Å². The molecular weight excluding hydrogens is 270 g/mol. The van der Waals surface area contributed by atoms with Crippen LogP contribution in [-0.4, -0.2) is 49.3 Å². The van der Waals surface area contributed by atoms with Crippen LogP contribution in [0.25, 0.3) is 0 Å². The summed E-state index contributed by atoms with van der Waals surface area (Å²) in [5.74, 6) is 5.42. The second-order valence-electron chi connectivity index (χ2n) is 4.94. The molecule has 6 nitrogen and oxygen atoms in total. The number of nitrogen functional groups attached to an aromatic ring is 1. The molecule has 21 heavy (non-hydrogen) atoms. The van der Waals surface area contributed by atoms with Crippen molar-refractivity contribution in [2.75, 3.05) is 33.4 Å². The normalized spacial score (nSPS) is 10.7. The van der Waals surface area contributed by atoms with Crippen molar-refractivity contribution in [3.05, 3.63) is 29.8 Å². The van der Waals surface area contributed by atoms with Crippen molar-refractivity contribution in [3.8, 4) is 5.75 Å². The molecule has 0 fully saturated rings. The maximum Gasteiger partial charge on any atom is 0.265 e. The van der Waals surface area contributed by atoms with Gasteiger partial charge in [-0.3, -0.25) is 10.2 Å². The van der Waals surface area contributed by atoms with Gasteiger partial charge in [0, 0.05) is 18.7 Å². The van der Waals surface area contributed by atoms with Gasteiger partial charge >= 0.3 is 0 Å². The van der Waals surface area contributed by atoms with Crippen molar-refractivity contribution in [1.29, 1.82) is 0 Å². The van der Waals surface area contributed by atoms with Crippen LogP contribution in [0.4, 0.5) is 0 Å². The average molecular weight is 295 g/mol. The van der Waals surface area contributed by atoms with E-state index in [1.807, 2.05) is 13.1 Å². The Kier molecular flexibility index (Phi) is 8.42. The van der Waals surface area contributed by atoms with E-state index in [0.29, 0.717) is 17.9 Å². The number of rotatable bonds is 10. The molecule has 0 bridgehead atoms. The summed E-state index contributed by atoms with van der Waals surface area (Å²) in [7, 11) is 2.04. The van der Waals surface area contributed by atoms with Crippen LogP contribution in [0.15, 0.2) is 24.3 Å². The van der Waals surface area contributed by atoms with Crippen molar-refractivity contribution in [2.24, 2.45) is 5.84 Å². The van der Waals surface area contributed by atoms with Crippen LogP contribution < -0.4 is 16.0 Å². The van der Waals surface area contributed by atoms with Crippen molar-refractivity contribution in [1.82, 2.24) is 10.3 Å². The molecule has 1 aromatic carbocycles. The number of ether oxygens (including phenoxy) is 1. The van der Waals surface area contributed by atoms with E-state index in [0.717, 1.165) is 32.4 Å². The summed E-state index contributed by atoms with van der Waals surface area (Å²) in [6.07, 6.45) is 2.97. The third-order valence-corrected chi connectivity index (χ3v) is 3.17. The van der Waals surface area contributed by atoms with Crippen LogP contribution in [0.3, 0.4) is 0 Å². The molecule has 4 N–H and O–H groups in total. The molecule has 0 aromatic heterocycles. The van der Waals surface area contributed by atoms with Gasteiger partial charge in [-0.2, -0.15) is 0 Å². The zero-order chi connectivity index (χ0) is 15.5. The van der Waals surface area contributed by atoms with Gasteiger partial charge in [0.05, 0.1) is 0 Å². The first-order valence-electron chi connectivity index (χ1n) is 7.20. The van der Waals surface area contributed by atoms with Crippen LogP contribution >= 0.6 is 0 Å². The monoisotopic (exact) mass is 295 g/mol. The molecular formula is C15H25N3O3. The highest BCUT2D eigenvalue weighted by atomic mass is 16.5. The largest absolute Gasteiger partial charge is 0.492 e. The van der Waals surface area contributed by atoms with E-state index in [9.17, 15) is 4.79 Å². The number of nitrogens with one attached hydrogen (secondary N) is 1. The third-order valence-electron chi connectivity index (χ3n) is 3.17. The Bertz CT molecular complexity index is 426. The Morgan fingerprint density at radius 3 is 2.86 bits per heavy atom. The predicted octanol–water partition coefficient (Wildman–Crippen LogP) is 0.763. The fourth-order valence-electron chi connectivity index (χ4n) is 1.91. The molecule has 0 atom stereocenters. The van der Waals surface area contributed by atoms with Crippen LogP contribution in [-0.2, 0) is 0 Å². The number of nitrogens with zero attached hydrogens (tertiary/aromatic N) is 1.